The van der Waals surface area contributed by atoms with Crippen LogP contribution in [-0.2, 0) is 10.8 Å². The number of carbonyl (C=O) groups excluding carboxylic acids is 1. The Labute approximate surface area is 118 Å². The third-order valence-corrected chi connectivity index (χ3v) is 4.41. The number of nitrogens with one attached hydrogen (secondary N) is 1. The molecule has 3 N–H and O–H groups in total. The van der Waals surface area contributed by atoms with Gasteiger partial charge >= 0.3 is 0 Å². The Hall–Kier alpha value is -0.880. The molecule has 0 aliphatic heterocycles. The van der Waals surface area contributed by atoms with E-state index in [0.717, 1.165) is 4.47 Å². The van der Waals surface area contributed by atoms with Crippen molar-refractivity contribution in [3.63, 3.8) is 0 Å². The summed E-state index contributed by atoms with van der Waals surface area (Å²) in [7, 11) is -0.856. The third-order valence-electron chi connectivity index (χ3n) is 2.59. The fraction of sp³-hybridized carbons (Fsp3) is 0.417. The van der Waals surface area contributed by atoms with Gasteiger partial charge in [-0.15, -0.1) is 0 Å². The molecule has 1 aromatic carbocycles. The number of benzene rings is 1. The molecular weight excluding hydrogens is 316 g/mol. The Bertz CT molecular complexity index is 445. The lowest BCUT2D eigenvalue weighted by Gasteiger charge is -2.10. The van der Waals surface area contributed by atoms with Crippen LogP contribution >= 0.6 is 15.9 Å². The number of anilines is 1. The van der Waals surface area contributed by atoms with Gasteiger partial charge in [-0.2, -0.15) is 0 Å². The first kappa shape index (κ1) is 15.2. The van der Waals surface area contributed by atoms with Crippen molar-refractivity contribution >= 4 is 38.3 Å². The van der Waals surface area contributed by atoms with Gasteiger partial charge < -0.3 is 11.1 Å². The Morgan fingerprint density at radius 1 is 1.50 bits per heavy atom. The van der Waals surface area contributed by atoms with Crippen LogP contribution in [0.25, 0.3) is 0 Å². The standard InChI is InChI=1S/C12H17BrN2O2S/c1-8(18(2)17)3-4-15-12(16)9-5-10(13)7-11(14)6-9/h5-8H,3-4,14H2,1-2H3,(H,15,16). The quantitative estimate of drug-likeness (QED) is 0.809. The highest BCUT2D eigenvalue weighted by Crippen LogP contribution is 2.17. The van der Waals surface area contributed by atoms with Crippen molar-refractivity contribution in [2.75, 3.05) is 18.5 Å². The average molecular weight is 333 g/mol. The van der Waals surface area contributed by atoms with E-state index in [4.69, 9.17) is 5.73 Å². The molecule has 1 aromatic rings. The van der Waals surface area contributed by atoms with Crippen LogP contribution in [0.2, 0.25) is 0 Å². The molecule has 0 radical (unpaired) electrons. The van der Waals surface area contributed by atoms with Gasteiger partial charge in [0.2, 0.25) is 0 Å². The van der Waals surface area contributed by atoms with Crippen molar-refractivity contribution in [2.24, 2.45) is 0 Å². The lowest BCUT2D eigenvalue weighted by Crippen LogP contribution is -2.27. The van der Waals surface area contributed by atoms with Gasteiger partial charge in [0.05, 0.1) is 0 Å². The van der Waals surface area contributed by atoms with E-state index < -0.39 is 10.8 Å². The van der Waals surface area contributed by atoms with Gasteiger partial charge in [0.25, 0.3) is 5.91 Å². The zero-order valence-electron chi connectivity index (χ0n) is 10.4. The molecule has 4 nitrogen and oxygen atoms in total. The van der Waals surface area contributed by atoms with Crippen molar-refractivity contribution in [3.8, 4) is 0 Å². The van der Waals surface area contributed by atoms with Crippen LogP contribution in [0.1, 0.15) is 23.7 Å². The molecule has 2 atom stereocenters. The summed E-state index contributed by atoms with van der Waals surface area (Å²) in [5.74, 6) is -0.169. The number of hydrogen-bond acceptors (Lipinski definition) is 3. The van der Waals surface area contributed by atoms with Crippen molar-refractivity contribution in [2.45, 2.75) is 18.6 Å². The normalized spacial score (nSPS) is 13.9. The fourth-order valence-corrected chi connectivity index (χ4v) is 2.36. The molecule has 1 rings (SSSR count). The maximum atomic E-state index is 11.8. The average Bonchev–Trinajstić information content (AvgIpc) is 2.27. The van der Waals surface area contributed by atoms with Gasteiger partial charge in [-0.05, 0) is 24.6 Å². The summed E-state index contributed by atoms with van der Waals surface area (Å²) >= 11 is 3.29. The van der Waals surface area contributed by atoms with Crippen molar-refractivity contribution in [3.05, 3.63) is 28.2 Å². The van der Waals surface area contributed by atoms with Crippen LogP contribution in [-0.4, -0.2) is 28.2 Å². The molecule has 0 saturated heterocycles. The van der Waals surface area contributed by atoms with Crippen molar-refractivity contribution in [1.29, 1.82) is 0 Å². The van der Waals surface area contributed by atoms with Gasteiger partial charge in [0.1, 0.15) is 0 Å². The Morgan fingerprint density at radius 2 is 2.17 bits per heavy atom. The molecule has 100 valence electrons. The van der Waals surface area contributed by atoms with E-state index in [1.807, 2.05) is 6.92 Å². The molecule has 0 aliphatic carbocycles. The predicted octanol–water partition coefficient (Wildman–Crippen LogP) is 1.92. The zero-order chi connectivity index (χ0) is 13.7. The van der Waals surface area contributed by atoms with Crippen LogP contribution in [0, 0.1) is 0 Å². The summed E-state index contributed by atoms with van der Waals surface area (Å²) < 4.78 is 11.9. The highest BCUT2D eigenvalue weighted by molar-refractivity contribution is 9.10. The number of amides is 1. The first-order chi connectivity index (χ1) is 8.40. The van der Waals surface area contributed by atoms with Crippen LogP contribution in [0.5, 0.6) is 0 Å². The molecule has 0 fully saturated rings. The molecule has 0 bridgehead atoms. The van der Waals surface area contributed by atoms with E-state index in [9.17, 15) is 9.00 Å². The van der Waals surface area contributed by atoms with Gasteiger partial charge in [-0.25, -0.2) is 0 Å². The van der Waals surface area contributed by atoms with Gasteiger partial charge in [0, 0.05) is 44.6 Å². The number of rotatable bonds is 5. The van der Waals surface area contributed by atoms with E-state index in [1.165, 1.54) is 0 Å². The molecule has 0 aliphatic rings. The first-order valence-electron chi connectivity index (χ1n) is 5.56. The molecule has 2 unspecified atom stereocenters. The second-order valence-corrected chi connectivity index (χ2v) is 6.84. The minimum absolute atomic E-state index is 0.0814. The predicted molar refractivity (Wildman–Crippen MR) is 79.0 cm³/mol. The van der Waals surface area contributed by atoms with E-state index in [0.29, 0.717) is 24.2 Å². The van der Waals surface area contributed by atoms with Gasteiger partial charge in [-0.3, -0.25) is 9.00 Å². The SMILES string of the molecule is CC(CCNC(=O)c1cc(N)cc(Br)c1)S(C)=O. The molecule has 0 heterocycles. The summed E-state index contributed by atoms with van der Waals surface area (Å²) in [6.07, 6.45) is 2.36. The maximum absolute atomic E-state index is 11.8. The van der Waals surface area contributed by atoms with Crippen LogP contribution < -0.4 is 11.1 Å². The largest absolute Gasteiger partial charge is 0.399 e. The van der Waals surface area contributed by atoms with E-state index >= 15 is 0 Å². The van der Waals surface area contributed by atoms with E-state index in [-0.39, 0.29) is 11.2 Å². The number of hydrogen-bond donors (Lipinski definition) is 2. The molecule has 18 heavy (non-hydrogen) atoms. The lowest BCUT2D eigenvalue weighted by molar-refractivity contribution is 0.0953. The molecule has 1 amide bonds. The molecule has 6 heteroatoms. The van der Waals surface area contributed by atoms with Crippen LogP contribution in [0.4, 0.5) is 5.69 Å². The minimum atomic E-state index is -0.856. The lowest BCUT2D eigenvalue weighted by atomic mass is 10.2. The molecule has 0 spiro atoms. The summed E-state index contributed by atoms with van der Waals surface area (Å²) in [5.41, 5.74) is 6.72. The Kier molecular flexibility index (Phi) is 5.81. The van der Waals surface area contributed by atoms with Gasteiger partial charge in [-0.1, -0.05) is 22.9 Å². The highest BCUT2D eigenvalue weighted by atomic mass is 79.9. The van der Waals surface area contributed by atoms with Crippen molar-refractivity contribution in [1.82, 2.24) is 5.32 Å². The number of halogens is 1. The highest BCUT2D eigenvalue weighted by Gasteiger charge is 2.09. The number of nitrogens with two attached hydrogens (primary N) is 1. The fourth-order valence-electron chi connectivity index (χ4n) is 1.40. The van der Waals surface area contributed by atoms with Gasteiger partial charge in [0.15, 0.2) is 0 Å². The van der Waals surface area contributed by atoms with Crippen LogP contribution in [0.15, 0.2) is 22.7 Å². The molecule has 0 aromatic heterocycles. The van der Waals surface area contributed by atoms with E-state index in [2.05, 4.69) is 21.2 Å². The second kappa shape index (κ2) is 6.89. The third kappa shape index (κ3) is 4.78. The summed E-state index contributed by atoms with van der Waals surface area (Å²) in [6.45, 7) is 2.41. The summed E-state index contributed by atoms with van der Waals surface area (Å²) in [4.78, 5) is 11.8. The minimum Gasteiger partial charge on any atom is -0.399 e. The maximum Gasteiger partial charge on any atom is 0.251 e. The molecule has 0 saturated carbocycles. The second-order valence-electron chi connectivity index (χ2n) is 4.13. The Balaban J connectivity index is 2.53. The first-order valence-corrected chi connectivity index (χ1v) is 7.98. The number of carbonyl (C=O) groups is 1. The number of nitrogen functional groups attached to an aromatic ring is 1. The molecular formula is C12H17BrN2O2S. The zero-order valence-corrected chi connectivity index (χ0v) is 12.8. The monoisotopic (exact) mass is 332 g/mol. The Morgan fingerprint density at radius 3 is 2.72 bits per heavy atom. The van der Waals surface area contributed by atoms with E-state index in [1.54, 1.807) is 24.5 Å². The summed E-state index contributed by atoms with van der Waals surface area (Å²) in [6, 6.07) is 5.08. The summed E-state index contributed by atoms with van der Waals surface area (Å²) in [5, 5.41) is 2.87. The topological polar surface area (TPSA) is 72.2 Å². The van der Waals surface area contributed by atoms with Crippen LogP contribution in [0.3, 0.4) is 0 Å². The smallest absolute Gasteiger partial charge is 0.251 e. The van der Waals surface area contributed by atoms with Crippen molar-refractivity contribution < 1.29 is 9.00 Å².